The lowest BCUT2D eigenvalue weighted by molar-refractivity contribution is -0.384. The van der Waals surface area contributed by atoms with E-state index in [1.54, 1.807) is 31.2 Å². The van der Waals surface area contributed by atoms with Crippen molar-refractivity contribution in [3.05, 3.63) is 86.9 Å². The van der Waals surface area contributed by atoms with Crippen LogP contribution in [0.25, 0.3) is 0 Å². The van der Waals surface area contributed by atoms with Gasteiger partial charge in [-0.15, -0.1) is 0 Å². The number of benzene rings is 2. The molecule has 0 fully saturated rings. The van der Waals surface area contributed by atoms with Crippen molar-refractivity contribution in [3.63, 3.8) is 0 Å². The summed E-state index contributed by atoms with van der Waals surface area (Å²) >= 11 is 0. The van der Waals surface area contributed by atoms with Crippen LogP contribution in [-0.4, -0.2) is 28.3 Å². The van der Waals surface area contributed by atoms with Gasteiger partial charge in [-0.25, -0.2) is 9.18 Å². The van der Waals surface area contributed by atoms with Gasteiger partial charge in [0.1, 0.15) is 5.82 Å². The van der Waals surface area contributed by atoms with Gasteiger partial charge in [-0.1, -0.05) is 38.1 Å². The van der Waals surface area contributed by atoms with Crippen LogP contribution in [0.15, 0.2) is 59.8 Å². The van der Waals surface area contributed by atoms with E-state index in [2.05, 4.69) is 0 Å². The molecule has 0 unspecified atom stereocenters. The van der Waals surface area contributed by atoms with Gasteiger partial charge in [0, 0.05) is 30.2 Å². The molecule has 1 amide bonds. The third kappa shape index (κ3) is 5.19. The van der Waals surface area contributed by atoms with Crippen LogP contribution >= 0.6 is 0 Å². The summed E-state index contributed by atoms with van der Waals surface area (Å²) in [7, 11) is 0. The minimum atomic E-state index is -0.566. The average molecular weight is 440 g/mol. The predicted octanol–water partition coefficient (Wildman–Crippen LogP) is 4.72. The number of rotatable bonds is 7. The van der Waals surface area contributed by atoms with E-state index >= 15 is 0 Å². The standard InChI is InChI=1S/C24H25FN2O5/c1-15(2)14-32-24(29)23-16(3)26(13-17-5-4-6-20(11-17)27(30)31)22(28)12-21(23)18-7-9-19(25)10-8-18/h4-11,15,21H,12-14H2,1-3H3/t21-/m0/s1. The van der Waals surface area contributed by atoms with Crippen molar-refractivity contribution < 1.29 is 23.6 Å². The molecule has 3 rings (SSSR count). The Bertz CT molecular complexity index is 1060. The maximum Gasteiger partial charge on any atom is 0.336 e. The van der Waals surface area contributed by atoms with Crippen LogP contribution in [0.3, 0.4) is 0 Å². The van der Waals surface area contributed by atoms with Crippen molar-refractivity contribution in [3.8, 4) is 0 Å². The van der Waals surface area contributed by atoms with Crippen LogP contribution in [0.4, 0.5) is 10.1 Å². The van der Waals surface area contributed by atoms with Gasteiger partial charge in [0.05, 0.1) is 23.6 Å². The van der Waals surface area contributed by atoms with Crippen LogP contribution < -0.4 is 0 Å². The molecule has 0 aromatic heterocycles. The first-order chi connectivity index (χ1) is 15.2. The minimum absolute atomic E-state index is 0.00398. The zero-order valence-electron chi connectivity index (χ0n) is 18.2. The summed E-state index contributed by atoms with van der Waals surface area (Å²) in [6.45, 7) is 5.82. The molecular formula is C24H25FN2O5. The van der Waals surface area contributed by atoms with Gasteiger partial charge in [-0.05, 0) is 36.1 Å². The fraction of sp³-hybridized carbons (Fsp3) is 0.333. The number of nitrogens with zero attached hydrogens (tertiary/aromatic N) is 2. The highest BCUT2D eigenvalue weighted by Crippen LogP contribution is 2.38. The van der Waals surface area contributed by atoms with Crippen LogP contribution in [0.5, 0.6) is 0 Å². The minimum Gasteiger partial charge on any atom is -0.462 e. The van der Waals surface area contributed by atoms with Gasteiger partial charge in [0.2, 0.25) is 5.91 Å². The van der Waals surface area contributed by atoms with Crippen molar-refractivity contribution in [2.24, 2.45) is 5.92 Å². The number of ether oxygens (including phenoxy) is 1. The third-order valence-electron chi connectivity index (χ3n) is 5.33. The van der Waals surface area contributed by atoms with Crippen molar-refractivity contribution in [2.75, 3.05) is 6.61 Å². The second kappa shape index (κ2) is 9.72. The van der Waals surface area contributed by atoms with Gasteiger partial charge >= 0.3 is 5.97 Å². The monoisotopic (exact) mass is 440 g/mol. The number of carbonyl (C=O) groups excluding carboxylic acids is 2. The molecule has 8 heteroatoms. The Hall–Kier alpha value is -3.55. The number of halogens is 1. The Kier molecular flexibility index (Phi) is 7.02. The smallest absolute Gasteiger partial charge is 0.336 e. The van der Waals surface area contributed by atoms with Gasteiger partial charge in [0.25, 0.3) is 5.69 Å². The zero-order valence-corrected chi connectivity index (χ0v) is 18.2. The number of non-ortho nitro benzene ring substituents is 1. The summed E-state index contributed by atoms with van der Waals surface area (Å²) in [5, 5.41) is 11.1. The molecule has 0 aliphatic carbocycles. The Balaban J connectivity index is 2.00. The third-order valence-corrected chi connectivity index (χ3v) is 5.33. The number of hydrogen-bond acceptors (Lipinski definition) is 5. The van der Waals surface area contributed by atoms with Crippen molar-refractivity contribution in [2.45, 2.75) is 39.7 Å². The fourth-order valence-electron chi connectivity index (χ4n) is 3.72. The Morgan fingerprint density at radius 3 is 2.56 bits per heavy atom. The SMILES string of the molecule is CC1=C(C(=O)OCC(C)C)[C@H](c2ccc(F)cc2)CC(=O)N1Cc1cccc([N+](=O)[O-])c1. The second-order valence-electron chi connectivity index (χ2n) is 8.21. The first-order valence-corrected chi connectivity index (χ1v) is 10.3. The maximum absolute atomic E-state index is 13.4. The summed E-state index contributed by atoms with van der Waals surface area (Å²) in [4.78, 5) is 38.1. The lowest BCUT2D eigenvalue weighted by Gasteiger charge is -2.34. The first kappa shape index (κ1) is 23.1. The highest BCUT2D eigenvalue weighted by Gasteiger charge is 2.37. The molecular weight excluding hydrogens is 415 g/mol. The van der Waals surface area contributed by atoms with E-state index in [0.29, 0.717) is 22.4 Å². The second-order valence-corrected chi connectivity index (χ2v) is 8.21. The molecule has 2 aromatic carbocycles. The predicted molar refractivity (Wildman–Crippen MR) is 116 cm³/mol. The Labute approximate surface area is 185 Å². The molecule has 32 heavy (non-hydrogen) atoms. The molecule has 168 valence electrons. The van der Waals surface area contributed by atoms with E-state index < -0.39 is 22.6 Å². The molecule has 0 N–H and O–H groups in total. The summed E-state index contributed by atoms with van der Waals surface area (Å²) < 4.78 is 18.9. The molecule has 2 aromatic rings. The summed E-state index contributed by atoms with van der Waals surface area (Å²) in [5.41, 5.74) is 1.90. The lowest BCUT2D eigenvalue weighted by atomic mass is 9.83. The lowest BCUT2D eigenvalue weighted by Crippen LogP contribution is -2.38. The molecule has 0 radical (unpaired) electrons. The summed E-state index contributed by atoms with van der Waals surface area (Å²) in [5.74, 6) is -1.60. The molecule has 0 bridgehead atoms. The highest BCUT2D eigenvalue weighted by atomic mass is 19.1. The number of carbonyl (C=O) groups is 2. The number of nitro benzene ring substituents is 1. The number of allylic oxidation sites excluding steroid dienone is 1. The van der Waals surface area contributed by atoms with E-state index in [0.717, 1.165) is 0 Å². The fourth-order valence-corrected chi connectivity index (χ4v) is 3.72. The summed E-state index contributed by atoms with van der Waals surface area (Å²) in [6, 6.07) is 11.7. The van der Waals surface area contributed by atoms with Crippen molar-refractivity contribution >= 4 is 17.6 Å². The van der Waals surface area contributed by atoms with Gasteiger partial charge in [-0.3, -0.25) is 14.9 Å². The molecule has 7 nitrogen and oxygen atoms in total. The van der Waals surface area contributed by atoms with Crippen LogP contribution in [0, 0.1) is 21.8 Å². The van der Waals surface area contributed by atoms with Crippen molar-refractivity contribution in [1.82, 2.24) is 4.90 Å². The number of nitro groups is 1. The van der Waals surface area contributed by atoms with Crippen LogP contribution in [0.2, 0.25) is 0 Å². The molecule has 0 saturated heterocycles. The van der Waals surface area contributed by atoms with Crippen LogP contribution in [-0.2, 0) is 20.9 Å². The largest absolute Gasteiger partial charge is 0.462 e. The molecule has 0 saturated carbocycles. The topological polar surface area (TPSA) is 89.8 Å². The maximum atomic E-state index is 13.4. The van der Waals surface area contributed by atoms with Gasteiger partial charge in [0.15, 0.2) is 0 Å². The van der Waals surface area contributed by atoms with E-state index in [4.69, 9.17) is 4.74 Å². The van der Waals surface area contributed by atoms with Gasteiger partial charge in [-0.2, -0.15) is 0 Å². The van der Waals surface area contributed by atoms with Gasteiger partial charge < -0.3 is 9.64 Å². The Morgan fingerprint density at radius 1 is 1.25 bits per heavy atom. The first-order valence-electron chi connectivity index (χ1n) is 10.3. The highest BCUT2D eigenvalue weighted by molar-refractivity contribution is 5.95. The van der Waals surface area contributed by atoms with E-state index in [9.17, 15) is 24.1 Å². The number of amides is 1. The molecule has 1 heterocycles. The Morgan fingerprint density at radius 2 is 1.94 bits per heavy atom. The molecule has 0 spiro atoms. The number of esters is 1. The van der Waals surface area contributed by atoms with Crippen molar-refractivity contribution in [1.29, 1.82) is 0 Å². The van der Waals surface area contributed by atoms with E-state index in [-0.39, 0.29) is 37.1 Å². The zero-order chi connectivity index (χ0) is 23.4. The average Bonchev–Trinajstić information content (AvgIpc) is 2.75. The quantitative estimate of drug-likeness (QED) is 0.353. The molecule has 1 aliphatic heterocycles. The van der Waals surface area contributed by atoms with E-state index in [1.807, 2.05) is 13.8 Å². The number of hydrogen-bond donors (Lipinski definition) is 0. The molecule has 1 atom stereocenters. The molecule has 1 aliphatic rings. The van der Waals surface area contributed by atoms with E-state index in [1.165, 1.54) is 29.2 Å². The normalized spacial score (nSPS) is 16.5. The van der Waals surface area contributed by atoms with Crippen LogP contribution in [0.1, 0.15) is 44.2 Å². The summed E-state index contributed by atoms with van der Waals surface area (Å²) in [6.07, 6.45) is 0.00398.